The van der Waals surface area contributed by atoms with Crippen molar-refractivity contribution in [2.75, 3.05) is 12.9 Å². The molecule has 0 bridgehead atoms. The first-order valence-corrected chi connectivity index (χ1v) is 16.2. The molecule has 1 heterocycles. The summed E-state index contributed by atoms with van der Waals surface area (Å²) in [7, 11) is -4.04. The van der Waals surface area contributed by atoms with E-state index in [1.807, 2.05) is 48.6 Å². The van der Waals surface area contributed by atoms with Crippen molar-refractivity contribution < 1.29 is 27.6 Å². The third-order valence-corrected chi connectivity index (χ3v) is 10.2. The minimum absolute atomic E-state index is 0.130. The van der Waals surface area contributed by atoms with E-state index in [1.165, 1.54) is 6.92 Å². The summed E-state index contributed by atoms with van der Waals surface area (Å²) < 4.78 is 30.2. The molecule has 1 unspecified atom stereocenters. The number of benzene rings is 2. The Kier molecular flexibility index (Phi) is 10.4. The van der Waals surface area contributed by atoms with Crippen molar-refractivity contribution in [1.82, 2.24) is 10.9 Å². The number of nitrogens with one attached hydrogen (secondary N) is 2. The highest BCUT2D eigenvalue weighted by molar-refractivity contribution is 7.92. The molecule has 2 aromatic rings. The second-order valence-corrected chi connectivity index (χ2v) is 13.4. The van der Waals surface area contributed by atoms with Crippen LogP contribution in [0.25, 0.3) is 6.08 Å². The molecular weight excluding hydrogens is 542 g/mol. The number of hydroxylamine groups is 1. The molecule has 41 heavy (non-hydrogen) atoms. The van der Waals surface area contributed by atoms with Crippen molar-refractivity contribution in [3.8, 4) is 0 Å². The predicted octanol–water partition coefficient (Wildman–Crippen LogP) is 4.36. The monoisotopic (exact) mass is 583 g/mol. The van der Waals surface area contributed by atoms with E-state index in [0.29, 0.717) is 18.6 Å². The molecule has 1 aliphatic heterocycles. The third kappa shape index (κ3) is 7.06. The van der Waals surface area contributed by atoms with Gasteiger partial charge in [0.15, 0.2) is 20.9 Å². The number of hydrogen-bond acceptors (Lipinski definition) is 7. The first kappa shape index (κ1) is 30.9. The van der Waals surface area contributed by atoms with E-state index in [2.05, 4.69) is 10.9 Å². The van der Waals surface area contributed by atoms with E-state index in [-0.39, 0.29) is 17.9 Å². The van der Waals surface area contributed by atoms with Gasteiger partial charge in [-0.15, -0.1) is 0 Å². The van der Waals surface area contributed by atoms with Crippen LogP contribution in [-0.4, -0.2) is 39.4 Å². The Bertz CT molecular complexity index is 1330. The summed E-state index contributed by atoms with van der Waals surface area (Å²) in [6.07, 6.45) is 10.9. The average Bonchev–Trinajstić information content (AvgIpc) is 3.52. The minimum atomic E-state index is -4.04. The largest absolute Gasteiger partial charge is 0.350 e. The molecule has 2 fully saturated rings. The second-order valence-electron chi connectivity index (χ2n) is 11.1. The van der Waals surface area contributed by atoms with Crippen LogP contribution in [0.3, 0.4) is 0 Å². The average molecular weight is 584 g/mol. The number of sulfone groups is 1. The highest BCUT2D eigenvalue weighted by Gasteiger charge is 2.48. The van der Waals surface area contributed by atoms with Crippen LogP contribution < -0.4 is 16.7 Å². The number of amides is 2. The Morgan fingerprint density at radius 3 is 2.41 bits per heavy atom. The van der Waals surface area contributed by atoms with E-state index in [9.17, 15) is 18.0 Å². The molecule has 10 heteroatoms. The smallest absolute Gasteiger partial charge is 0.259 e. The van der Waals surface area contributed by atoms with Crippen molar-refractivity contribution >= 4 is 27.7 Å². The van der Waals surface area contributed by atoms with Gasteiger partial charge in [-0.05, 0) is 67.2 Å². The lowest BCUT2D eigenvalue weighted by atomic mass is 9.78. The lowest BCUT2D eigenvalue weighted by molar-refractivity contribution is -0.201. The fourth-order valence-corrected chi connectivity index (χ4v) is 6.84. The van der Waals surface area contributed by atoms with Crippen LogP contribution in [0, 0.1) is 0 Å². The van der Waals surface area contributed by atoms with E-state index >= 15 is 0 Å². The molecule has 2 amide bonds. The van der Waals surface area contributed by atoms with Crippen LogP contribution in [0.15, 0.2) is 54.6 Å². The summed E-state index contributed by atoms with van der Waals surface area (Å²) in [5.74, 6) is 3.50. The predicted molar refractivity (Wildman–Crippen MR) is 158 cm³/mol. The maximum absolute atomic E-state index is 14.0. The van der Waals surface area contributed by atoms with Crippen molar-refractivity contribution in [3.05, 3.63) is 76.9 Å². The molecule has 1 saturated heterocycles. The Morgan fingerprint density at radius 2 is 1.78 bits per heavy atom. The molecule has 2 aliphatic rings. The number of carbonyl (C=O) groups excluding carboxylic acids is 2. The molecule has 4 rings (SSSR count). The van der Waals surface area contributed by atoms with Gasteiger partial charge in [0.2, 0.25) is 0 Å². The Balaban J connectivity index is 1.84. The number of carbonyl (C=O) groups is 2. The number of hydrogen-bond donors (Lipinski definition) is 3. The first-order chi connectivity index (χ1) is 19.7. The maximum atomic E-state index is 14.0. The fraction of sp³-hybridized carbons (Fsp3) is 0.484. The fourth-order valence-electron chi connectivity index (χ4n) is 5.87. The maximum Gasteiger partial charge on any atom is 0.259 e. The molecule has 0 aromatic heterocycles. The van der Waals surface area contributed by atoms with Crippen LogP contribution in [0.5, 0.6) is 0 Å². The van der Waals surface area contributed by atoms with Gasteiger partial charge in [0.1, 0.15) is 0 Å². The van der Waals surface area contributed by atoms with Crippen molar-refractivity contribution in [1.29, 1.82) is 0 Å². The molecule has 4 N–H and O–H groups in total. The summed E-state index contributed by atoms with van der Waals surface area (Å²) in [5.41, 5.74) is 7.27. The third-order valence-electron chi connectivity index (χ3n) is 8.33. The van der Waals surface area contributed by atoms with Crippen LogP contribution in [0.4, 0.5) is 0 Å². The summed E-state index contributed by atoms with van der Waals surface area (Å²) in [6, 6.07) is 15.0. The summed E-state index contributed by atoms with van der Waals surface area (Å²) in [5, 5.41) is 0. The zero-order valence-corrected chi connectivity index (χ0v) is 24.6. The van der Waals surface area contributed by atoms with Gasteiger partial charge in [0.25, 0.3) is 11.8 Å². The van der Waals surface area contributed by atoms with Crippen molar-refractivity contribution in [2.45, 2.75) is 81.2 Å². The van der Waals surface area contributed by atoms with Gasteiger partial charge in [-0.2, -0.15) is 0 Å². The van der Waals surface area contributed by atoms with Gasteiger partial charge < -0.3 is 4.74 Å². The normalized spacial score (nSPS) is 20.4. The van der Waals surface area contributed by atoms with Gasteiger partial charge in [0.05, 0.1) is 5.92 Å². The number of hydrazine groups is 1. The molecule has 1 saturated carbocycles. The van der Waals surface area contributed by atoms with Crippen molar-refractivity contribution in [3.63, 3.8) is 0 Å². The first-order valence-electron chi connectivity index (χ1n) is 14.3. The zero-order chi connectivity index (χ0) is 29.5. The van der Waals surface area contributed by atoms with Gasteiger partial charge in [0, 0.05) is 19.3 Å². The topological polar surface area (TPSA) is 137 Å². The Hall–Kier alpha value is -3.05. The standard InChI is InChI=1S/C31H41N3O6S/c1-31(30(36)33-32,41(2,37)38)26-19-11-17-24(23-15-6-7-16-23)28(26)25(18-10-14-22-12-4-3-5-13-22)29(35)34-40-27-20-8-9-21-39-27/h3-5,10-14,17,19,23,25,27H,6-9,15-16,18,20-21,32H2,1-2H3,(H,33,36)(H,34,35)/b14-10+/t25-,27?,31+/m0/s1. The molecule has 0 spiro atoms. The minimum Gasteiger partial charge on any atom is -0.350 e. The second kappa shape index (κ2) is 13.7. The lowest BCUT2D eigenvalue weighted by Crippen LogP contribution is -2.51. The van der Waals surface area contributed by atoms with Crippen LogP contribution in [0.2, 0.25) is 0 Å². The number of ether oxygens (including phenoxy) is 1. The lowest BCUT2D eigenvalue weighted by Gasteiger charge is -2.33. The molecule has 0 radical (unpaired) electrons. The van der Waals surface area contributed by atoms with E-state index < -0.39 is 38.6 Å². The Morgan fingerprint density at radius 1 is 1.07 bits per heavy atom. The Labute approximate surface area is 242 Å². The molecule has 1 aliphatic carbocycles. The summed E-state index contributed by atoms with van der Waals surface area (Å²) >= 11 is 0. The molecule has 9 nitrogen and oxygen atoms in total. The van der Waals surface area contributed by atoms with Gasteiger partial charge in [-0.1, -0.05) is 73.5 Å². The molecule has 3 atom stereocenters. The summed E-state index contributed by atoms with van der Waals surface area (Å²) in [4.78, 5) is 32.9. The van der Waals surface area contributed by atoms with E-state index in [0.717, 1.165) is 55.9 Å². The number of nitrogens with two attached hydrogens (primary N) is 1. The van der Waals surface area contributed by atoms with Gasteiger partial charge >= 0.3 is 0 Å². The molecular formula is C31H41N3O6S. The highest BCUT2D eigenvalue weighted by atomic mass is 32.2. The van der Waals surface area contributed by atoms with E-state index in [4.69, 9.17) is 15.4 Å². The summed E-state index contributed by atoms with van der Waals surface area (Å²) in [6.45, 7) is 1.91. The number of rotatable bonds is 11. The SMILES string of the molecule is C[C@](C(=O)NN)(c1cccc(C2CCCC2)c1[C@H](C/C=C/c1ccccc1)C(=O)NOC1CCCCO1)S(C)(=O)=O. The van der Waals surface area contributed by atoms with Crippen molar-refractivity contribution in [2.24, 2.45) is 5.84 Å². The molecule has 2 aromatic carbocycles. The van der Waals surface area contributed by atoms with Crippen LogP contribution in [0.1, 0.15) is 92.4 Å². The van der Waals surface area contributed by atoms with E-state index in [1.54, 1.807) is 12.1 Å². The molecule has 222 valence electrons. The quantitative estimate of drug-likeness (QED) is 0.203. The van der Waals surface area contributed by atoms with Crippen LogP contribution in [-0.2, 0) is 33.7 Å². The number of allylic oxidation sites excluding steroid dienone is 1. The van der Waals surface area contributed by atoms with Gasteiger partial charge in [-0.3, -0.25) is 15.0 Å². The van der Waals surface area contributed by atoms with Gasteiger partial charge in [-0.25, -0.2) is 24.6 Å². The van der Waals surface area contributed by atoms with Crippen LogP contribution >= 0.6 is 0 Å². The highest BCUT2D eigenvalue weighted by Crippen LogP contribution is 2.44. The zero-order valence-electron chi connectivity index (χ0n) is 23.8.